The van der Waals surface area contributed by atoms with Crippen molar-refractivity contribution in [2.45, 2.75) is 40.0 Å². The van der Waals surface area contributed by atoms with Gasteiger partial charge in [0.05, 0.1) is 6.42 Å². The molecule has 0 atom stereocenters. The predicted molar refractivity (Wildman–Crippen MR) is 79.4 cm³/mol. The van der Waals surface area contributed by atoms with E-state index in [-0.39, 0.29) is 5.91 Å². The Morgan fingerprint density at radius 2 is 2.11 bits per heavy atom. The molecule has 102 valence electrons. The van der Waals surface area contributed by atoms with E-state index in [0.717, 1.165) is 36.2 Å². The van der Waals surface area contributed by atoms with Crippen LogP contribution in [0.4, 0.5) is 0 Å². The van der Waals surface area contributed by atoms with Crippen LogP contribution in [0.15, 0.2) is 18.2 Å². The third kappa shape index (κ3) is 3.16. The summed E-state index contributed by atoms with van der Waals surface area (Å²) < 4.78 is 0. The third-order valence-corrected chi connectivity index (χ3v) is 3.46. The summed E-state index contributed by atoms with van der Waals surface area (Å²) in [5.41, 5.74) is 4.54. The summed E-state index contributed by atoms with van der Waals surface area (Å²) in [6.07, 6.45) is 2.60. The van der Waals surface area contributed by atoms with E-state index in [0.29, 0.717) is 6.42 Å². The van der Waals surface area contributed by atoms with Crippen molar-refractivity contribution in [3.63, 3.8) is 0 Å². The average molecular weight is 258 g/mol. The highest BCUT2D eigenvalue weighted by Gasteiger charge is 2.12. The molecule has 2 rings (SSSR count). The highest BCUT2D eigenvalue weighted by Crippen LogP contribution is 2.23. The fourth-order valence-electron chi connectivity index (χ4n) is 2.35. The first kappa shape index (κ1) is 13.7. The van der Waals surface area contributed by atoms with Gasteiger partial charge in [0.2, 0.25) is 5.91 Å². The van der Waals surface area contributed by atoms with Crippen molar-refractivity contribution in [3.8, 4) is 0 Å². The number of aryl methyl sites for hydroxylation is 2. The SMILES string of the molecule is CCCCNC(=O)Cc1c(C)[nH]c2ccc(C)cc12. The number of amides is 1. The van der Waals surface area contributed by atoms with Gasteiger partial charge < -0.3 is 10.3 Å². The fourth-order valence-corrected chi connectivity index (χ4v) is 2.35. The van der Waals surface area contributed by atoms with Gasteiger partial charge in [0, 0.05) is 23.1 Å². The fraction of sp³-hybridized carbons (Fsp3) is 0.438. The lowest BCUT2D eigenvalue weighted by Gasteiger charge is -2.05. The Kier molecular flexibility index (Phi) is 4.25. The van der Waals surface area contributed by atoms with Crippen molar-refractivity contribution in [2.24, 2.45) is 0 Å². The monoisotopic (exact) mass is 258 g/mol. The average Bonchev–Trinajstić information content (AvgIpc) is 2.66. The molecule has 0 saturated heterocycles. The number of hydrogen-bond donors (Lipinski definition) is 2. The van der Waals surface area contributed by atoms with Crippen LogP contribution in [0.2, 0.25) is 0 Å². The highest BCUT2D eigenvalue weighted by molar-refractivity contribution is 5.90. The zero-order valence-corrected chi connectivity index (χ0v) is 12.0. The second-order valence-electron chi connectivity index (χ2n) is 5.16. The minimum Gasteiger partial charge on any atom is -0.358 e. The smallest absolute Gasteiger partial charge is 0.224 e. The molecule has 0 unspecified atom stereocenters. The van der Waals surface area contributed by atoms with Crippen molar-refractivity contribution >= 4 is 16.8 Å². The number of aromatic amines is 1. The largest absolute Gasteiger partial charge is 0.358 e. The quantitative estimate of drug-likeness (QED) is 0.794. The number of hydrogen-bond acceptors (Lipinski definition) is 1. The van der Waals surface area contributed by atoms with E-state index >= 15 is 0 Å². The summed E-state index contributed by atoms with van der Waals surface area (Å²) in [4.78, 5) is 15.3. The molecule has 0 bridgehead atoms. The summed E-state index contributed by atoms with van der Waals surface area (Å²) in [7, 11) is 0. The molecule has 1 heterocycles. The number of carbonyl (C=O) groups excluding carboxylic acids is 1. The van der Waals surface area contributed by atoms with Crippen molar-refractivity contribution in [1.29, 1.82) is 0 Å². The molecule has 3 heteroatoms. The maximum Gasteiger partial charge on any atom is 0.224 e. The van der Waals surface area contributed by atoms with Gasteiger partial charge >= 0.3 is 0 Å². The van der Waals surface area contributed by atoms with Crippen molar-refractivity contribution in [1.82, 2.24) is 10.3 Å². The molecule has 0 spiro atoms. The van der Waals surface area contributed by atoms with Crippen LogP contribution in [0, 0.1) is 13.8 Å². The minimum atomic E-state index is 0.110. The molecule has 19 heavy (non-hydrogen) atoms. The molecule has 3 nitrogen and oxygen atoms in total. The third-order valence-electron chi connectivity index (χ3n) is 3.46. The van der Waals surface area contributed by atoms with Gasteiger partial charge in [-0.3, -0.25) is 4.79 Å². The summed E-state index contributed by atoms with van der Waals surface area (Å²) in [6, 6.07) is 6.31. The summed E-state index contributed by atoms with van der Waals surface area (Å²) in [5, 5.41) is 4.15. The number of H-pyrrole nitrogens is 1. The van der Waals surface area contributed by atoms with Crippen LogP contribution < -0.4 is 5.32 Å². The van der Waals surface area contributed by atoms with Crippen LogP contribution in [0.1, 0.15) is 36.6 Å². The van der Waals surface area contributed by atoms with Gasteiger partial charge in [0.1, 0.15) is 0 Å². The van der Waals surface area contributed by atoms with Crippen LogP contribution in [-0.4, -0.2) is 17.4 Å². The molecule has 1 amide bonds. The normalized spacial score (nSPS) is 10.9. The Morgan fingerprint density at radius 1 is 1.32 bits per heavy atom. The Morgan fingerprint density at radius 3 is 2.84 bits per heavy atom. The van der Waals surface area contributed by atoms with Gasteiger partial charge in [-0.25, -0.2) is 0 Å². The number of rotatable bonds is 5. The summed E-state index contributed by atoms with van der Waals surface area (Å²) >= 11 is 0. The molecular formula is C16H22N2O. The van der Waals surface area contributed by atoms with E-state index in [1.807, 2.05) is 6.92 Å². The Balaban J connectivity index is 2.17. The first-order valence-electron chi connectivity index (χ1n) is 6.96. The minimum absolute atomic E-state index is 0.110. The lowest BCUT2D eigenvalue weighted by Crippen LogP contribution is -2.26. The van der Waals surface area contributed by atoms with Gasteiger partial charge in [-0.15, -0.1) is 0 Å². The standard InChI is InChI=1S/C16H22N2O/c1-4-5-8-17-16(19)10-13-12(3)18-15-7-6-11(2)9-14(13)15/h6-7,9,18H,4-5,8,10H2,1-3H3,(H,17,19). The van der Waals surface area contributed by atoms with E-state index in [1.54, 1.807) is 0 Å². The molecule has 0 aliphatic heterocycles. The van der Waals surface area contributed by atoms with Gasteiger partial charge in [0.25, 0.3) is 0 Å². The zero-order chi connectivity index (χ0) is 13.8. The lowest BCUT2D eigenvalue weighted by molar-refractivity contribution is -0.120. The van der Waals surface area contributed by atoms with Gasteiger partial charge in [-0.05, 0) is 38.0 Å². The summed E-state index contributed by atoms with van der Waals surface area (Å²) in [5.74, 6) is 0.110. The van der Waals surface area contributed by atoms with Gasteiger partial charge in [-0.1, -0.05) is 25.0 Å². The van der Waals surface area contributed by atoms with E-state index in [2.05, 4.69) is 42.3 Å². The molecule has 0 fully saturated rings. The van der Waals surface area contributed by atoms with E-state index in [4.69, 9.17) is 0 Å². The molecule has 2 aromatic rings. The number of unbranched alkanes of at least 4 members (excludes halogenated alkanes) is 1. The topological polar surface area (TPSA) is 44.9 Å². The maximum atomic E-state index is 11.9. The number of carbonyl (C=O) groups is 1. The Bertz CT molecular complexity index is 584. The molecule has 0 radical (unpaired) electrons. The van der Waals surface area contributed by atoms with E-state index in [1.165, 1.54) is 10.9 Å². The van der Waals surface area contributed by atoms with Crippen LogP contribution in [0.3, 0.4) is 0 Å². The molecule has 2 N–H and O–H groups in total. The second kappa shape index (κ2) is 5.91. The molecule has 1 aromatic carbocycles. The molecular weight excluding hydrogens is 236 g/mol. The van der Waals surface area contributed by atoms with Gasteiger partial charge in [0.15, 0.2) is 0 Å². The molecule has 1 aromatic heterocycles. The first-order chi connectivity index (χ1) is 9.11. The van der Waals surface area contributed by atoms with Crippen molar-refractivity contribution in [2.75, 3.05) is 6.54 Å². The second-order valence-corrected chi connectivity index (χ2v) is 5.16. The van der Waals surface area contributed by atoms with Crippen LogP contribution >= 0.6 is 0 Å². The van der Waals surface area contributed by atoms with Crippen LogP contribution in [0.25, 0.3) is 10.9 Å². The van der Waals surface area contributed by atoms with Gasteiger partial charge in [-0.2, -0.15) is 0 Å². The van der Waals surface area contributed by atoms with Crippen molar-refractivity contribution in [3.05, 3.63) is 35.0 Å². The van der Waals surface area contributed by atoms with E-state index < -0.39 is 0 Å². The predicted octanol–water partition coefficient (Wildman–Crippen LogP) is 3.24. The molecule has 0 aliphatic rings. The lowest BCUT2D eigenvalue weighted by atomic mass is 10.1. The first-order valence-corrected chi connectivity index (χ1v) is 6.96. The number of fused-ring (bicyclic) bond motifs is 1. The Hall–Kier alpha value is -1.77. The van der Waals surface area contributed by atoms with E-state index in [9.17, 15) is 4.79 Å². The zero-order valence-electron chi connectivity index (χ0n) is 12.0. The number of benzene rings is 1. The number of aromatic nitrogens is 1. The molecule has 0 saturated carbocycles. The molecule has 0 aliphatic carbocycles. The summed E-state index contributed by atoms with van der Waals surface area (Å²) in [6.45, 7) is 7.01. The highest BCUT2D eigenvalue weighted by atomic mass is 16.1. The number of nitrogens with one attached hydrogen (secondary N) is 2. The van der Waals surface area contributed by atoms with Crippen LogP contribution in [0.5, 0.6) is 0 Å². The maximum absolute atomic E-state index is 11.9. The van der Waals surface area contributed by atoms with Crippen LogP contribution in [-0.2, 0) is 11.2 Å². The van der Waals surface area contributed by atoms with Crippen molar-refractivity contribution < 1.29 is 4.79 Å². The Labute approximate surface area is 114 Å².